The van der Waals surface area contributed by atoms with Gasteiger partial charge in [0.1, 0.15) is 0 Å². The Morgan fingerprint density at radius 3 is 1.59 bits per heavy atom. The second-order valence-corrected chi connectivity index (χ2v) is 12.2. The van der Waals surface area contributed by atoms with Crippen molar-refractivity contribution in [3.63, 3.8) is 0 Å². The molecule has 0 saturated heterocycles. The highest BCUT2D eigenvalue weighted by Crippen LogP contribution is 2.38. The maximum Gasteiger partial charge on any atom is 0.0547 e. The molecule has 2 heteroatoms. The first-order chi connectivity index (χ1) is 22.8. The summed E-state index contributed by atoms with van der Waals surface area (Å²) in [5.41, 5.74) is 8.39. The molecule has 0 amide bonds. The van der Waals surface area contributed by atoms with Gasteiger partial charge in [-0.2, -0.15) is 0 Å². The van der Waals surface area contributed by atoms with Gasteiger partial charge in [0.15, 0.2) is 0 Å². The van der Waals surface area contributed by atoms with Crippen molar-refractivity contribution in [2.45, 2.75) is 0 Å². The molecule has 0 radical (unpaired) electrons. The molecule has 2 nitrogen and oxygen atoms in total. The van der Waals surface area contributed by atoms with Crippen molar-refractivity contribution < 1.29 is 0 Å². The molecular weight excluding hydrogens is 556 g/mol. The van der Waals surface area contributed by atoms with Crippen LogP contribution in [0.25, 0.3) is 87.5 Å². The molecule has 0 N–H and O–H groups in total. The third kappa shape index (κ3) is 3.65. The number of rotatable bonds is 3. The van der Waals surface area contributed by atoms with Crippen molar-refractivity contribution in [3.8, 4) is 22.5 Å². The first-order valence-electron chi connectivity index (χ1n) is 15.9. The smallest absolute Gasteiger partial charge is 0.0547 e. The largest absolute Gasteiger partial charge is 0.317 e. The number of fused-ring (bicyclic) bond motifs is 10. The third-order valence-corrected chi connectivity index (χ3v) is 9.72. The number of para-hydroxylation sites is 2. The SMILES string of the molecule is c1ccc(-n2c3ccccc3c3ccc(-c4ccc5ccn(-c6ccc7c8ccccc8c8ccccc8c7c6)c5c4)cc32)cc1. The van der Waals surface area contributed by atoms with Crippen LogP contribution in [0.2, 0.25) is 0 Å². The van der Waals surface area contributed by atoms with Crippen LogP contribution in [0.5, 0.6) is 0 Å². The van der Waals surface area contributed by atoms with E-state index in [1.54, 1.807) is 0 Å². The fraction of sp³-hybridized carbons (Fsp3) is 0. The fourth-order valence-corrected chi connectivity index (χ4v) is 7.58. The van der Waals surface area contributed by atoms with Crippen LogP contribution in [0.1, 0.15) is 0 Å². The van der Waals surface area contributed by atoms with E-state index in [1.165, 1.54) is 87.5 Å². The molecule has 0 fully saturated rings. The number of nitrogens with zero attached hydrogens (tertiary/aromatic N) is 2. The summed E-state index contributed by atoms with van der Waals surface area (Å²) < 4.78 is 4.72. The monoisotopic (exact) mass is 584 g/mol. The van der Waals surface area contributed by atoms with Gasteiger partial charge in [0.05, 0.1) is 16.6 Å². The maximum atomic E-state index is 2.39. The Morgan fingerprint density at radius 2 is 0.848 bits per heavy atom. The van der Waals surface area contributed by atoms with E-state index >= 15 is 0 Å². The molecule has 46 heavy (non-hydrogen) atoms. The van der Waals surface area contributed by atoms with E-state index in [0.717, 1.165) is 0 Å². The number of hydrogen-bond donors (Lipinski definition) is 0. The average Bonchev–Trinajstić information content (AvgIpc) is 3.70. The summed E-state index contributed by atoms with van der Waals surface area (Å²) in [6.45, 7) is 0. The molecule has 0 bridgehead atoms. The molecule has 0 aliphatic heterocycles. The maximum absolute atomic E-state index is 2.39. The van der Waals surface area contributed by atoms with E-state index in [1.807, 2.05) is 0 Å². The first kappa shape index (κ1) is 25.2. The Kier molecular flexibility index (Phi) is 5.31. The predicted molar refractivity (Wildman–Crippen MR) is 196 cm³/mol. The van der Waals surface area contributed by atoms with E-state index in [0.29, 0.717) is 0 Å². The summed E-state index contributed by atoms with van der Waals surface area (Å²) in [6.07, 6.45) is 2.20. The highest BCUT2D eigenvalue weighted by atomic mass is 15.0. The van der Waals surface area contributed by atoms with Gasteiger partial charge in [-0.3, -0.25) is 0 Å². The van der Waals surface area contributed by atoms with Gasteiger partial charge >= 0.3 is 0 Å². The quantitative estimate of drug-likeness (QED) is 0.183. The first-order valence-corrected chi connectivity index (χ1v) is 15.9. The molecule has 2 heterocycles. The molecule has 0 aliphatic rings. The standard InChI is InChI=1S/C44H28N2/c1-2-10-32(11-3-1)46-42-17-9-8-16-39(42)40-22-20-31(27-44(40)46)30-19-18-29-24-25-45(43(29)26-30)33-21-23-38-36-14-5-4-12-34(36)35-13-6-7-15-37(35)41(38)28-33/h1-28H. The minimum Gasteiger partial charge on any atom is -0.317 e. The van der Waals surface area contributed by atoms with Crippen LogP contribution in [-0.4, -0.2) is 9.13 Å². The average molecular weight is 585 g/mol. The molecule has 0 aliphatic carbocycles. The highest BCUT2D eigenvalue weighted by molar-refractivity contribution is 6.25. The minimum atomic E-state index is 1.17. The van der Waals surface area contributed by atoms with E-state index in [9.17, 15) is 0 Å². The van der Waals surface area contributed by atoms with Crippen LogP contribution in [-0.2, 0) is 0 Å². The zero-order valence-electron chi connectivity index (χ0n) is 25.1. The van der Waals surface area contributed by atoms with Crippen LogP contribution < -0.4 is 0 Å². The third-order valence-electron chi connectivity index (χ3n) is 9.72. The Balaban J connectivity index is 1.16. The molecule has 8 aromatic carbocycles. The van der Waals surface area contributed by atoms with Crippen molar-refractivity contribution in [1.29, 1.82) is 0 Å². The number of hydrogen-bond acceptors (Lipinski definition) is 0. The highest BCUT2D eigenvalue weighted by Gasteiger charge is 2.15. The lowest BCUT2D eigenvalue weighted by Gasteiger charge is -2.13. The van der Waals surface area contributed by atoms with Gasteiger partial charge in [-0.15, -0.1) is 0 Å². The summed E-state index contributed by atoms with van der Waals surface area (Å²) >= 11 is 0. The van der Waals surface area contributed by atoms with Crippen LogP contribution >= 0.6 is 0 Å². The van der Waals surface area contributed by atoms with Gasteiger partial charge in [0, 0.05) is 28.3 Å². The Hall–Kier alpha value is -6.12. The van der Waals surface area contributed by atoms with Gasteiger partial charge in [-0.25, -0.2) is 0 Å². The molecule has 0 spiro atoms. The molecule has 0 atom stereocenters. The summed E-state index contributed by atoms with van der Waals surface area (Å²) in [4.78, 5) is 0. The van der Waals surface area contributed by atoms with Crippen molar-refractivity contribution in [3.05, 3.63) is 170 Å². The van der Waals surface area contributed by atoms with Crippen LogP contribution in [0.3, 0.4) is 0 Å². The lowest BCUT2D eigenvalue weighted by molar-refractivity contribution is 1.13. The lowest BCUT2D eigenvalue weighted by atomic mass is 9.94. The molecule has 2 aromatic heterocycles. The van der Waals surface area contributed by atoms with Crippen LogP contribution in [0.4, 0.5) is 0 Å². The molecule has 0 unspecified atom stereocenters. The van der Waals surface area contributed by atoms with Gasteiger partial charge < -0.3 is 9.13 Å². The van der Waals surface area contributed by atoms with E-state index in [2.05, 4.69) is 179 Å². The molecular formula is C44H28N2. The summed E-state index contributed by atoms with van der Waals surface area (Å²) in [5.74, 6) is 0. The molecule has 214 valence electrons. The van der Waals surface area contributed by atoms with E-state index in [4.69, 9.17) is 0 Å². The van der Waals surface area contributed by atoms with E-state index in [-0.39, 0.29) is 0 Å². The predicted octanol–water partition coefficient (Wildman–Crippen LogP) is 11.9. The molecule has 0 saturated carbocycles. The van der Waals surface area contributed by atoms with Gasteiger partial charge in [0.25, 0.3) is 0 Å². The summed E-state index contributed by atoms with van der Waals surface area (Å²) in [7, 11) is 0. The summed E-state index contributed by atoms with van der Waals surface area (Å²) in [6, 6.07) is 59.8. The van der Waals surface area contributed by atoms with Crippen LogP contribution in [0, 0.1) is 0 Å². The Morgan fingerprint density at radius 1 is 0.304 bits per heavy atom. The Bertz CT molecular complexity index is 2760. The number of aromatic nitrogens is 2. The minimum absolute atomic E-state index is 1.17. The zero-order valence-corrected chi connectivity index (χ0v) is 25.1. The van der Waals surface area contributed by atoms with Gasteiger partial charge in [-0.05, 0) is 97.4 Å². The van der Waals surface area contributed by atoms with Gasteiger partial charge in [0.2, 0.25) is 0 Å². The normalized spacial score (nSPS) is 11.9. The van der Waals surface area contributed by atoms with Gasteiger partial charge in [-0.1, -0.05) is 115 Å². The van der Waals surface area contributed by atoms with E-state index < -0.39 is 0 Å². The van der Waals surface area contributed by atoms with Crippen molar-refractivity contribution >= 4 is 65.0 Å². The van der Waals surface area contributed by atoms with Crippen molar-refractivity contribution in [1.82, 2.24) is 9.13 Å². The topological polar surface area (TPSA) is 9.86 Å². The van der Waals surface area contributed by atoms with Crippen molar-refractivity contribution in [2.24, 2.45) is 0 Å². The summed E-state index contributed by atoms with van der Waals surface area (Å²) in [5, 5.41) is 11.5. The fourth-order valence-electron chi connectivity index (χ4n) is 7.58. The second-order valence-electron chi connectivity index (χ2n) is 12.2. The Labute approximate surface area is 266 Å². The number of benzene rings is 8. The second kappa shape index (κ2) is 9.69. The van der Waals surface area contributed by atoms with Crippen LogP contribution in [0.15, 0.2) is 170 Å². The molecule has 10 aromatic rings. The van der Waals surface area contributed by atoms with Crippen molar-refractivity contribution in [2.75, 3.05) is 0 Å². The lowest BCUT2D eigenvalue weighted by Crippen LogP contribution is -1.94. The zero-order chi connectivity index (χ0) is 30.2. The molecule has 10 rings (SSSR count).